The van der Waals surface area contributed by atoms with Gasteiger partial charge in [-0.15, -0.1) is 0 Å². The Hall–Kier alpha value is -2.33. The predicted octanol–water partition coefficient (Wildman–Crippen LogP) is 8.37. The van der Waals surface area contributed by atoms with Gasteiger partial charge in [-0.2, -0.15) is 0 Å². The third kappa shape index (κ3) is 4.43. The summed E-state index contributed by atoms with van der Waals surface area (Å²) >= 11 is 0. The molecule has 0 radical (unpaired) electrons. The van der Waals surface area contributed by atoms with Gasteiger partial charge in [0.25, 0.3) is 8.32 Å². The molecule has 0 unspecified atom stereocenters. The van der Waals surface area contributed by atoms with E-state index in [4.69, 9.17) is 9.42 Å². The molecule has 0 saturated heterocycles. The minimum atomic E-state index is -1.98. The highest BCUT2D eigenvalue weighted by atomic mass is 28.4. The topological polar surface area (TPSA) is 37.4 Å². The molecule has 2 aromatic rings. The van der Waals surface area contributed by atoms with Gasteiger partial charge < -0.3 is 9.41 Å². The lowest BCUT2D eigenvalue weighted by molar-refractivity contribution is 0.480. The minimum Gasteiger partial charge on any atom is -0.543 e. The molecule has 4 heteroatoms. The third-order valence-electron chi connectivity index (χ3n) is 6.87. The lowest BCUT2D eigenvalue weighted by atomic mass is 9.96. The Bertz CT molecular complexity index is 1040. The monoisotopic (exact) mass is 448 g/mol. The van der Waals surface area contributed by atoms with Crippen molar-refractivity contribution in [2.24, 2.45) is 4.99 Å². The van der Waals surface area contributed by atoms with Gasteiger partial charge in [-0.1, -0.05) is 53.7 Å². The van der Waals surface area contributed by atoms with Gasteiger partial charge in [-0.05, 0) is 85.3 Å². The Morgan fingerprint density at radius 1 is 0.875 bits per heavy atom. The van der Waals surface area contributed by atoms with Crippen molar-refractivity contribution in [2.75, 3.05) is 0 Å². The van der Waals surface area contributed by atoms with E-state index >= 15 is 0 Å². The molecular weight excluding hydrogens is 408 g/mol. The van der Waals surface area contributed by atoms with E-state index < -0.39 is 8.32 Å². The summed E-state index contributed by atoms with van der Waals surface area (Å²) in [7, 11) is -1.98. The number of aromatic nitrogens is 1. The van der Waals surface area contributed by atoms with E-state index in [-0.39, 0.29) is 0 Å². The van der Waals surface area contributed by atoms with E-state index in [1.54, 1.807) is 0 Å². The van der Waals surface area contributed by atoms with Gasteiger partial charge in [0, 0.05) is 17.0 Å². The molecule has 1 aliphatic rings. The number of rotatable bonds is 7. The standard InChI is InChI=1S/C28H40N2OSi/c1-17(2)32(18(3)4,19(5)6)31-25-13-11-24(12-14-25)26(27-20(7)15-22(9)29-27)28-21(8)16-23(10)30-28/h11-19,29H,1-10H3/b28-26+. The molecule has 3 rings (SSSR count). The molecule has 0 bridgehead atoms. The molecule has 0 atom stereocenters. The van der Waals surface area contributed by atoms with Crippen molar-refractivity contribution < 1.29 is 4.43 Å². The maximum absolute atomic E-state index is 6.89. The first kappa shape index (κ1) is 24.3. The Kier molecular flexibility index (Phi) is 7.04. The lowest BCUT2D eigenvalue weighted by Crippen LogP contribution is -2.50. The van der Waals surface area contributed by atoms with Crippen molar-refractivity contribution in [1.29, 1.82) is 0 Å². The molecule has 2 heterocycles. The van der Waals surface area contributed by atoms with Gasteiger partial charge in [-0.25, -0.2) is 0 Å². The van der Waals surface area contributed by atoms with Gasteiger partial charge >= 0.3 is 0 Å². The fourth-order valence-corrected chi connectivity index (χ4v) is 10.8. The number of aromatic amines is 1. The Balaban J connectivity index is 2.08. The highest BCUT2D eigenvalue weighted by molar-refractivity contribution is 6.78. The van der Waals surface area contributed by atoms with Gasteiger partial charge in [0.1, 0.15) is 5.75 Å². The molecule has 1 N–H and O–H groups in total. The number of nitrogens with one attached hydrogen (secondary N) is 1. The van der Waals surface area contributed by atoms with Crippen molar-refractivity contribution in [1.82, 2.24) is 4.98 Å². The average Bonchev–Trinajstić information content (AvgIpc) is 3.20. The molecule has 32 heavy (non-hydrogen) atoms. The van der Waals surface area contributed by atoms with Crippen molar-refractivity contribution >= 4 is 19.6 Å². The number of H-pyrrole nitrogens is 1. The molecule has 1 aromatic heterocycles. The smallest absolute Gasteiger partial charge is 0.258 e. The minimum absolute atomic E-state index is 0.549. The zero-order valence-electron chi connectivity index (χ0n) is 21.6. The van der Waals surface area contributed by atoms with E-state index in [1.807, 2.05) is 0 Å². The second-order valence-electron chi connectivity index (χ2n) is 10.3. The summed E-state index contributed by atoms with van der Waals surface area (Å²) in [4.78, 5) is 8.46. The summed E-state index contributed by atoms with van der Waals surface area (Å²) < 4.78 is 6.89. The van der Waals surface area contributed by atoms with Crippen LogP contribution in [0.15, 0.2) is 52.7 Å². The molecule has 1 aromatic carbocycles. The van der Waals surface area contributed by atoms with Gasteiger partial charge in [-0.3, -0.25) is 4.99 Å². The van der Waals surface area contributed by atoms with Crippen LogP contribution in [0.2, 0.25) is 16.6 Å². The summed E-state index contributed by atoms with van der Waals surface area (Å²) in [6.07, 6.45) is 2.16. The fourth-order valence-electron chi connectivity index (χ4n) is 5.57. The number of nitrogens with zero attached hydrogens (tertiary/aromatic N) is 1. The number of aliphatic imine (C=N–C) groups is 1. The number of allylic oxidation sites excluding steroid dienone is 2. The van der Waals surface area contributed by atoms with Crippen molar-refractivity contribution in [3.8, 4) is 5.75 Å². The maximum atomic E-state index is 6.89. The normalized spacial score (nSPS) is 16.2. The highest BCUT2D eigenvalue weighted by Crippen LogP contribution is 2.43. The van der Waals surface area contributed by atoms with Gasteiger partial charge in [0.15, 0.2) is 0 Å². The number of hydrogen-bond donors (Lipinski definition) is 1. The van der Waals surface area contributed by atoms with Crippen molar-refractivity contribution in [3.05, 3.63) is 70.2 Å². The second-order valence-corrected chi connectivity index (χ2v) is 15.6. The zero-order chi connectivity index (χ0) is 23.8. The zero-order valence-corrected chi connectivity index (χ0v) is 22.6. The van der Waals surface area contributed by atoms with Crippen LogP contribution in [0.1, 0.15) is 77.9 Å². The van der Waals surface area contributed by atoms with Crippen LogP contribution in [-0.2, 0) is 0 Å². The van der Waals surface area contributed by atoms with E-state index in [1.165, 1.54) is 11.1 Å². The highest BCUT2D eigenvalue weighted by Gasteiger charge is 2.47. The quantitative estimate of drug-likeness (QED) is 0.424. The van der Waals surface area contributed by atoms with Crippen LogP contribution in [0.3, 0.4) is 0 Å². The summed E-state index contributed by atoms with van der Waals surface area (Å²) in [5.74, 6) is 0.985. The molecule has 0 fully saturated rings. The predicted molar refractivity (Wildman–Crippen MR) is 141 cm³/mol. The number of hydrogen-bond acceptors (Lipinski definition) is 2. The molecule has 172 valence electrons. The van der Waals surface area contributed by atoms with Gasteiger partial charge in [0.2, 0.25) is 0 Å². The first-order chi connectivity index (χ1) is 15.0. The molecule has 0 spiro atoms. The molecule has 0 saturated carbocycles. The molecule has 0 amide bonds. The number of aryl methyl sites for hydroxylation is 2. The van der Waals surface area contributed by atoms with Crippen molar-refractivity contribution in [2.45, 2.75) is 85.9 Å². The van der Waals surface area contributed by atoms with Crippen molar-refractivity contribution in [3.63, 3.8) is 0 Å². The first-order valence-corrected chi connectivity index (χ1v) is 14.1. The van der Waals surface area contributed by atoms with E-state index in [0.29, 0.717) is 16.6 Å². The van der Waals surface area contributed by atoms with E-state index in [0.717, 1.165) is 39.7 Å². The Morgan fingerprint density at radius 3 is 1.84 bits per heavy atom. The van der Waals surface area contributed by atoms with E-state index in [2.05, 4.69) is 111 Å². The first-order valence-electron chi connectivity index (χ1n) is 11.9. The van der Waals surface area contributed by atoms with Gasteiger partial charge in [0.05, 0.1) is 11.4 Å². The summed E-state index contributed by atoms with van der Waals surface area (Å²) in [5, 5.41) is 0. The van der Waals surface area contributed by atoms with Crippen LogP contribution in [-0.4, -0.2) is 19.0 Å². The fraction of sp³-hybridized carbons (Fsp3) is 0.464. The second kappa shape index (κ2) is 9.26. The van der Waals surface area contributed by atoms with Crippen LogP contribution >= 0.6 is 0 Å². The van der Waals surface area contributed by atoms with Crippen LogP contribution in [0.25, 0.3) is 5.57 Å². The molecule has 3 nitrogen and oxygen atoms in total. The molecule has 0 aliphatic carbocycles. The summed E-state index contributed by atoms with van der Waals surface area (Å²) in [6, 6.07) is 10.9. The lowest BCUT2D eigenvalue weighted by Gasteiger charge is -2.42. The van der Waals surface area contributed by atoms with Crippen LogP contribution in [0, 0.1) is 13.8 Å². The summed E-state index contributed by atoms with van der Waals surface area (Å²) in [5.41, 5.74) is 10.8. The molecule has 1 aliphatic heterocycles. The van der Waals surface area contributed by atoms with E-state index in [9.17, 15) is 0 Å². The average molecular weight is 449 g/mol. The SMILES string of the molecule is CC1=CC(C)=N/C1=C(\c1ccc(O[Si](C(C)C)(C(C)C)C(C)C)cc1)c1[nH]c(C)cc1C. The third-order valence-corrected chi connectivity index (χ3v) is 12.9. The van der Waals surface area contributed by atoms with Crippen LogP contribution in [0.4, 0.5) is 0 Å². The number of benzene rings is 1. The van der Waals surface area contributed by atoms with Crippen LogP contribution in [0.5, 0.6) is 5.75 Å². The summed E-state index contributed by atoms with van der Waals surface area (Å²) in [6.45, 7) is 22.4. The molecular formula is C28H40N2OSi. The maximum Gasteiger partial charge on any atom is 0.258 e. The largest absolute Gasteiger partial charge is 0.543 e. The Labute approximate surface area is 195 Å². The Morgan fingerprint density at radius 2 is 1.44 bits per heavy atom. The van der Waals surface area contributed by atoms with Crippen LogP contribution < -0.4 is 4.43 Å².